The molecule has 0 aliphatic carbocycles. The van der Waals surface area contributed by atoms with Crippen LogP contribution >= 0.6 is 11.3 Å². The Balaban J connectivity index is 2.57. The Kier molecular flexibility index (Phi) is 2.02. The molecule has 3 heteroatoms. The van der Waals surface area contributed by atoms with Crippen molar-refractivity contribution < 1.29 is 0 Å². The van der Waals surface area contributed by atoms with Gasteiger partial charge in [0, 0.05) is 16.6 Å². The first-order valence-electron chi connectivity index (χ1n) is 4.02. The molecule has 66 valence electrons. The van der Waals surface area contributed by atoms with Gasteiger partial charge in [-0.1, -0.05) is 11.6 Å². The Morgan fingerprint density at radius 3 is 2.92 bits per heavy atom. The number of aromatic nitrogens is 1. The average Bonchev–Trinajstić information content (AvgIpc) is 2.61. The summed E-state index contributed by atoms with van der Waals surface area (Å²) in [7, 11) is 0. The number of hydrogen-bond acceptors (Lipinski definition) is 3. The maximum absolute atomic E-state index is 5.85. The monoisotopic (exact) mass is 190 g/mol. The lowest BCUT2D eigenvalue weighted by Crippen LogP contribution is -1.90. The lowest BCUT2D eigenvalue weighted by Gasteiger charge is -2.02. The van der Waals surface area contributed by atoms with Crippen LogP contribution in [0.1, 0.15) is 5.56 Å². The molecule has 0 saturated carbocycles. The zero-order valence-corrected chi connectivity index (χ0v) is 8.14. The van der Waals surface area contributed by atoms with Crippen molar-refractivity contribution >= 4 is 17.0 Å². The Morgan fingerprint density at radius 1 is 1.38 bits per heavy atom. The van der Waals surface area contributed by atoms with Crippen LogP contribution < -0.4 is 5.73 Å². The Morgan fingerprint density at radius 2 is 2.23 bits per heavy atom. The van der Waals surface area contributed by atoms with E-state index < -0.39 is 0 Å². The van der Waals surface area contributed by atoms with Crippen LogP contribution in [-0.4, -0.2) is 4.98 Å². The van der Waals surface area contributed by atoms with Crippen LogP contribution in [0.5, 0.6) is 0 Å². The first kappa shape index (κ1) is 8.26. The standard InChI is InChI=1S/C10H10N2S/c1-7-2-3-9(11)8(4-7)10-5-13-6-12-10/h2-6H,11H2,1H3. The molecule has 0 amide bonds. The molecule has 0 unspecified atom stereocenters. The minimum atomic E-state index is 0.788. The lowest BCUT2D eigenvalue weighted by molar-refractivity contribution is 1.39. The van der Waals surface area contributed by atoms with Crippen LogP contribution in [0.15, 0.2) is 29.1 Å². The molecular weight excluding hydrogens is 180 g/mol. The Labute approximate surface area is 81.1 Å². The number of nitrogens with two attached hydrogens (primary N) is 1. The van der Waals surface area contributed by atoms with E-state index in [1.54, 1.807) is 11.3 Å². The lowest BCUT2D eigenvalue weighted by atomic mass is 10.1. The number of nitrogens with zero attached hydrogens (tertiary/aromatic N) is 1. The molecule has 0 fully saturated rings. The van der Waals surface area contributed by atoms with Gasteiger partial charge in [-0.2, -0.15) is 0 Å². The van der Waals surface area contributed by atoms with Gasteiger partial charge in [-0.3, -0.25) is 0 Å². The molecule has 1 aromatic heterocycles. The highest BCUT2D eigenvalue weighted by atomic mass is 32.1. The van der Waals surface area contributed by atoms with Crippen molar-refractivity contribution in [3.8, 4) is 11.3 Å². The molecule has 1 aromatic carbocycles. The Hall–Kier alpha value is -1.35. The van der Waals surface area contributed by atoms with E-state index in [4.69, 9.17) is 5.73 Å². The topological polar surface area (TPSA) is 38.9 Å². The third-order valence-electron chi connectivity index (χ3n) is 1.92. The highest BCUT2D eigenvalue weighted by Crippen LogP contribution is 2.26. The summed E-state index contributed by atoms with van der Waals surface area (Å²) in [5.41, 5.74) is 11.6. The number of nitrogen functional groups attached to an aromatic ring is 1. The zero-order chi connectivity index (χ0) is 9.26. The van der Waals surface area contributed by atoms with Crippen LogP contribution in [0.2, 0.25) is 0 Å². The molecule has 0 atom stereocenters. The van der Waals surface area contributed by atoms with Gasteiger partial charge in [-0.05, 0) is 19.1 Å². The van der Waals surface area contributed by atoms with E-state index in [-0.39, 0.29) is 0 Å². The molecule has 13 heavy (non-hydrogen) atoms. The average molecular weight is 190 g/mol. The highest BCUT2D eigenvalue weighted by molar-refractivity contribution is 7.07. The van der Waals surface area contributed by atoms with Crippen molar-refractivity contribution in [2.24, 2.45) is 0 Å². The molecule has 0 spiro atoms. The quantitative estimate of drug-likeness (QED) is 0.702. The van der Waals surface area contributed by atoms with E-state index >= 15 is 0 Å². The zero-order valence-electron chi connectivity index (χ0n) is 7.32. The summed E-state index contributed by atoms with van der Waals surface area (Å²) >= 11 is 1.58. The van der Waals surface area contributed by atoms with Gasteiger partial charge in [-0.15, -0.1) is 11.3 Å². The molecule has 0 saturated heterocycles. The summed E-state index contributed by atoms with van der Waals surface area (Å²) in [5, 5.41) is 2.01. The van der Waals surface area contributed by atoms with Gasteiger partial charge in [0.1, 0.15) is 0 Å². The minimum absolute atomic E-state index is 0.788. The fourth-order valence-electron chi connectivity index (χ4n) is 1.24. The van der Waals surface area contributed by atoms with E-state index in [1.807, 2.05) is 23.0 Å². The predicted molar refractivity (Wildman–Crippen MR) is 56.7 cm³/mol. The summed E-state index contributed by atoms with van der Waals surface area (Å²) in [6.07, 6.45) is 0. The fourth-order valence-corrected chi connectivity index (χ4v) is 1.79. The second-order valence-corrected chi connectivity index (χ2v) is 3.68. The van der Waals surface area contributed by atoms with Crippen molar-refractivity contribution in [3.05, 3.63) is 34.7 Å². The van der Waals surface area contributed by atoms with E-state index in [9.17, 15) is 0 Å². The summed E-state index contributed by atoms with van der Waals surface area (Å²) in [6.45, 7) is 2.05. The van der Waals surface area contributed by atoms with Gasteiger partial charge in [0.2, 0.25) is 0 Å². The number of aryl methyl sites for hydroxylation is 1. The molecule has 0 bridgehead atoms. The van der Waals surface area contributed by atoms with Gasteiger partial charge in [-0.25, -0.2) is 4.98 Å². The van der Waals surface area contributed by atoms with E-state index in [2.05, 4.69) is 18.0 Å². The molecule has 2 nitrogen and oxygen atoms in total. The summed E-state index contributed by atoms with van der Waals surface area (Å²) in [6, 6.07) is 5.99. The van der Waals surface area contributed by atoms with Crippen molar-refractivity contribution in [3.63, 3.8) is 0 Å². The van der Waals surface area contributed by atoms with Crippen molar-refractivity contribution in [1.82, 2.24) is 4.98 Å². The molecule has 0 aliphatic rings. The number of rotatable bonds is 1. The van der Waals surface area contributed by atoms with Gasteiger partial charge in [0.15, 0.2) is 0 Å². The smallest absolute Gasteiger partial charge is 0.0831 e. The summed E-state index contributed by atoms with van der Waals surface area (Å²) in [5.74, 6) is 0. The third kappa shape index (κ3) is 1.55. The Bertz CT molecular complexity index is 407. The van der Waals surface area contributed by atoms with Crippen molar-refractivity contribution in [1.29, 1.82) is 0 Å². The second kappa shape index (κ2) is 3.18. The SMILES string of the molecule is Cc1ccc(N)c(-c2cscn2)c1. The first-order chi connectivity index (χ1) is 6.27. The molecule has 2 rings (SSSR count). The van der Waals surface area contributed by atoms with Gasteiger partial charge < -0.3 is 5.73 Å². The number of thiazole rings is 1. The van der Waals surface area contributed by atoms with Crippen LogP contribution in [0.3, 0.4) is 0 Å². The van der Waals surface area contributed by atoms with Crippen molar-refractivity contribution in [2.45, 2.75) is 6.92 Å². The maximum atomic E-state index is 5.85. The highest BCUT2D eigenvalue weighted by Gasteiger charge is 2.03. The van der Waals surface area contributed by atoms with E-state index in [0.717, 1.165) is 16.9 Å². The minimum Gasteiger partial charge on any atom is -0.398 e. The molecule has 0 aliphatic heterocycles. The van der Waals surface area contributed by atoms with Crippen LogP contribution in [0.25, 0.3) is 11.3 Å². The predicted octanol–water partition coefficient (Wildman–Crippen LogP) is 2.70. The van der Waals surface area contributed by atoms with Gasteiger partial charge in [0.25, 0.3) is 0 Å². The summed E-state index contributed by atoms with van der Waals surface area (Å²) in [4.78, 5) is 4.23. The second-order valence-electron chi connectivity index (χ2n) is 2.96. The number of hydrogen-bond donors (Lipinski definition) is 1. The molecular formula is C10H10N2S. The molecule has 2 aromatic rings. The largest absolute Gasteiger partial charge is 0.398 e. The van der Waals surface area contributed by atoms with E-state index in [0.29, 0.717) is 0 Å². The third-order valence-corrected chi connectivity index (χ3v) is 2.50. The number of anilines is 1. The van der Waals surface area contributed by atoms with Gasteiger partial charge >= 0.3 is 0 Å². The van der Waals surface area contributed by atoms with E-state index in [1.165, 1.54) is 5.56 Å². The van der Waals surface area contributed by atoms with Crippen LogP contribution in [0.4, 0.5) is 5.69 Å². The van der Waals surface area contributed by atoms with Crippen molar-refractivity contribution in [2.75, 3.05) is 5.73 Å². The van der Waals surface area contributed by atoms with Crippen LogP contribution in [0, 0.1) is 6.92 Å². The first-order valence-corrected chi connectivity index (χ1v) is 4.96. The van der Waals surface area contributed by atoms with Crippen LogP contribution in [-0.2, 0) is 0 Å². The molecule has 0 radical (unpaired) electrons. The molecule has 2 N–H and O–H groups in total. The summed E-state index contributed by atoms with van der Waals surface area (Å²) < 4.78 is 0. The maximum Gasteiger partial charge on any atom is 0.0831 e. The normalized spacial score (nSPS) is 10.2. The fraction of sp³-hybridized carbons (Fsp3) is 0.100. The molecule has 1 heterocycles. The number of benzene rings is 1. The van der Waals surface area contributed by atoms with Gasteiger partial charge in [0.05, 0.1) is 11.2 Å².